The molecule has 0 aliphatic heterocycles. The minimum absolute atomic E-state index is 0. The van der Waals surface area contributed by atoms with Crippen LogP contribution in [0.3, 0.4) is 0 Å². The van der Waals surface area contributed by atoms with Gasteiger partial charge in [-0.15, -0.1) is 0 Å². The summed E-state index contributed by atoms with van der Waals surface area (Å²) >= 11 is 0. The number of carbonyl (C=O) groups is 4. The Hall–Kier alpha value is -4.36. The summed E-state index contributed by atoms with van der Waals surface area (Å²) in [6.07, 6.45) is 2.85. The Kier molecular flexibility index (Phi) is 23.3. The van der Waals surface area contributed by atoms with Crippen LogP contribution in [0.15, 0.2) is 61.2 Å². The standard InChI is InChI=1S/2C11H10N2O4.6H2O.Zn/c2*14-10(15)5-12-7-13(6-11(16)17)9-4-2-1-3-8(9)12;;;;;;;/h2*1-4,7H,5-6H2,(H-,14,15,16,17);6*1H2;/q;;;;;;;;+2/p-2. The topological polar surface area (TPSA) is 367 Å². The molecule has 2 aromatic carbocycles. The van der Waals surface area contributed by atoms with Gasteiger partial charge in [0, 0.05) is 0 Å². The minimum Gasteiger partial charge on any atom is -0.546 e. The van der Waals surface area contributed by atoms with Crippen molar-refractivity contribution in [3.8, 4) is 0 Å². The van der Waals surface area contributed by atoms with Gasteiger partial charge in [0.1, 0.15) is 26.2 Å². The fourth-order valence-electron chi connectivity index (χ4n) is 3.55. The molecule has 0 unspecified atom stereocenters. The average molecular weight is 640 g/mol. The molecule has 0 bridgehead atoms. The Labute approximate surface area is 243 Å². The zero-order chi connectivity index (χ0) is 24.8. The van der Waals surface area contributed by atoms with Crippen molar-refractivity contribution in [2.75, 3.05) is 0 Å². The van der Waals surface area contributed by atoms with Gasteiger partial charge in [0.15, 0.2) is 22.1 Å². The monoisotopic (exact) mass is 638 g/mol. The molecule has 0 saturated heterocycles. The van der Waals surface area contributed by atoms with Crippen LogP contribution in [0.1, 0.15) is 0 Å². The summed E-state index contributed by atoms with van der Waals surface area (Å²) in [4.78, 5) is 42.3. The van der Waals surface area contributed by atoms with Crippen molar-refractivity contribution in [3.63, 3.8) is 0 Å². The molecule has 0 spiro atoms. The van der Waals surface area contributed by atoms with E-state index >= 15 is 0 Å². The van der Waals surface area contributed by atoms with Gasteiger partial charge in [-0.2, -0.15) is 0 Å². The number of carbonyl (C=O) groups excluding carboxylic acids is 4. The Bertz CT molecular complexity index is 1200. The van der Waals surface area contributed by atoms with Gasteiger partial charge in [-0.1, -0.05) is 24.3 Å². The number of nitrogens with zero attached hydrogens (tertiary/aromatic N) is 4. The summed E-state index contributed by atoms with van der Waals surface area (Å²) in [7, 11) is 0. The van der Waals surface area contributed by atoms with Crippen LogP contribution >= 0.6 is 0 Å². The Balaban J connectivity index is -0.000000180. The number of carboxylic acid groups (broad SMARTS) is 4. The maximum absolute atomic E-state index is 10.6. The van der Waals surface area contributed by atoms with E-state index in [9.17, 15) is 39.6 Å². The third kappa shape index (κ3) is 12.1. The van der Waals surface area contributed by atoms with E-state index in [0.29, 0.717) is 22.1 Å². The number of aromatic nitrogens is 4. The number of rotatable bonds is 8. The Morgan fingerprint density at radius 2 is 0.829 bits per heavy atom. The summed E-state index contributed by atoms with van der Waals surface area (Å²) < 4.78 is 5.70. The Morgan fingerprint density at radius 1 is 0.537 bits per heavy atom. The largest absolute Gasteiger partial charge is 2.00 e. The van der Waals surface area contributed by atoms with Crippen molar-refractivity contribution in [1.29, 1.82) is 0 Å². The summed E-state index contributed by atoms with van der Waals surface area (Å²) in [6.45, 7) is -1.28. The maximum atomic E-state index is 10.6. The first-order chi connectivity index (χ1) is 16.2. The van der Waals surface area contributed by atoms with Gasteiger partial charge < -0.3 is 72.5 Å². The van der Waals surface area contributed by atoms with E-state index in [1.807, 2.05) is 0 Å². The molecule has 2 heterocycles. The van der Waals surface area contributed by atoms with Crippen molar-refractivity contribution in [3.05, 3.63) is 61.2 Å². The van der Waals surface area contributed by atoms with Crippen molar-refractivity contribution in [2.24, 2.45) is 0 Å². The van der Waals surface area contributed by atoms with E-state index in [1.165, 1.54) is 30.9 Å². The molecule has 0 radical (unpaired) electrons. The number of fused-ring (bicyclic) bond motifs is 2. The molecule has 0 aliphatic rings. The van der Waals surface area contributed by atoms with Gasteiger partial charge in [-0.05, 0) is 24.3 Å². The predicted molar refractivity (Wildman–Crippen MR) is 126 cm³/mol. The third-order valence-electron chi connectivity index (χ3n) is 4.76. The number of para-hydroxylation sites is 4. The second kappa shape index (κ2) is 20.5. The summed E-state index contributed by atoms with van der Waals surface area (Å²) in [5, 5.41) is 42.3. The zero-order valence-electron chi connectivity index (χ0n) is 21.4. The number of imidazole rings is 2. The van der Waals surface area contributed by atoms with Gasteiger partial charge in [0.25, 0.3) is 0 Å². The van der Waals surface area contributed by atoms with Crippen LogP contribution in [-0.4, -0.2) is 65.9 Å². The average Bonchev–Trinajstić information content (AvgIpc) is 3.26. The quantitative estimate of drug-likeness (QED) is 0.131. The van der Waals surface area contributed by atoms with Crippen LogP contribution in [-0.2, 0) is 64.8 Å². The normalized spacial score (nSPS) is 8.78. The molecule has 0 amide bonds. The first-order valence-electron chi connectivity index (χ1n) is 9.89. The van der Waals surface area contributed by atoms with Crippen LogP contribution in [0.4, 0.5) is 0 Å². The van der Waals surface area contributed by atoms with Gasteiger partial charge in [-0.25, -0.2) is 18.3 Å². The Morgan fingerprint density at radius 3 is 1.10 bits per heavy atom. The third-order valence-corrected chi connectivity index (χ3v) is 4.76. The number of aliphatic carboxylic acids is 4. The first-order valence-corrected chi connectivity index (χ1v) is 9.89. The van der Waals surface area contributed by atoms with Crippen LogP contribution < -0.4 is 29.6 Å². The van der Waals surface area contributed by atoms with Crippen LogP contribution in [0, 0.1) is 0 Å². The smallest absolute Gasteiger partial charge is 0.546 e. The van der Waals surface area contributed by atoms with Crippen molar-refractivity contribution >= 4 is 45.9 Å². The number of hydrogen-bond donors (Lipinski definition) is 0. The van der Waals surface area contributed by atoms with Crippen molar-refractivity contribution in [1.82, 2.24) is 9.13 Å². The van der Waals surface area contributed by atoms with Gasteiger partial charge in [0.05, 0.1) is 23.9 Å². The SMILES string of the molecule is O.O.O.O.O.O.O=C([O-])Cn1c[n+](CC(=O)[O-])c2ccccc21.O=C([O-])Cn1c[n+](CC(=O)[O-])c2ccccc21.[Zn+2]. The van der Waals surface area contributed by atoms with E-state index in [-0.39, 0.29) is 78.5 Å². The molecule has 41 heavy (non-hydrogen) atoms. The summed E-state index contributed by atoms with van der Waals surface area (Å²) in [5.74, 6) is -4.92. The van der Waals surface area contributed by atoms with E-state index in [4.69, 9.17) is 0 Å². The molecule has 0 fully saturated rings. The molecule has 19 heteroatoms. The fraction of sp³-hybridized carbons (Fsp3) is 0.182. The molecule has 0 saturated carbocycles. The van der Waals surface area contributed by atoms with E-state index in [0.717, 1.165) is 0 Å². The summed E-state index contributed by atoms with van der Waals surface area (Å²) in [5.41, 5.74) is 2.55. The van der Waals surface area contributed by atoms with E-state index < -0.39 is 23.9 Å². The van der Waals surface area contributed by atoms with Gasteiger partial charge >= 0.3 is 19.5 Å². The second-order valence-corrected chi connectivity index (χ2v) is 7.21. The van der Waals surface area contributed by atoms with Crippen molar-refractivity contribution in [2.45, 2.75) is 26.2 Å². The second-order valence-electron chi connectivity index (χ2n) is 7.21. The van der Waals surface area contributed by atoms with Gasteiger partial charge in [0.2, 0.25) is 12.7 Å². The fourth-order valence-corrected chi connectivity index (χ4v) is 3.55. The summed E-state index contributed by atoms with van der Waals surface area (Å²) in [6, 6.07) is 13.8. The van der Waals surface area contributed by atoms with E-state index in [1.54, 1.807) is 48.5 Å². The molecule has 0 aliphatic carbocycles. The maximum Gasteiger partial charge on any atom is 2.00 e. The molecule has 12 N–H and O–H groups in total. The molecular weight excluding hydrogens is 610 g/mol. The molecule has 18 nitrogen and oxygen atoms in total. The first kappa shape index (κ1) is 46.5. The van der Waals surface area contributed by atoms with Gasteiger partial charge in [-0.3, -0.25) is 0 Å². The molecule has 0 atom stereocenters. The zero-order valence-corrected chi connectivity index (χ0v) is 24.3. The van der Waals surface area contributed by atoms with Crippen LogP contribution in [0.25, 0.3) is 22.1 Å². The van der Waals surface area contributed by atoms with Crippen LogP contribution in [0.2, 0.25) is 0 Å². The van der Waals surface area contributed by atoms with E-state index in [2.05, 4.69) is 0 Å². The number of hydrogen-bond acceptors (Lipinski definition) is 8. The minimum atomic E-state index is -1.23. The molecule has 4 rings (SSSR count). The predicted octanol–water partition coefficient (Wildman–Crippen LogP) is -10.1. The van der Waals surface area contributed by atoms with Crippen LogP contribution in [0.5, 0.6) is 0 Å². The number of benzene rings is 2. The van der Waals surface area contributed by atoms with Crippen molar-refractivity contribution < 1.29 is 101 Å². The molecule has 224 valence electrons. The molecule has 4 aromatic rings. The molecule has 2 aromatic heterocycles. The molecular formula is C22H30N4O14Zn. The number of carboxylic acids is 4.